The summed E-state index contributed by atoms with van der Waals surface area (Å²) in [5, 5.41) is 6.67. The zero-order valence-electron chi connectivity index (χ0n) is 21.4. The molecule has 35 heavy (non-hydrogen) atoms. The Balaban J connectivity index is 1.74. The summed E-state index contributed by atoms with van der Waals surface area (Å²) < 4.78 is 0. The summed E-state index contributed by atoms with van der Waals surface area (Å²) >= 11 is 0. The van der Waals surface area contributed by atoms with Crippen molar-refractivity contribution in [3.05, 3.63) is 59.9 Å². The summed E-state index contributed by atoms with van der Waals surface area (Å²) in [5.74, 6) is -0.185. The molecule has 2 atom stereocenters. The van der Waals surface area contributed by atoms with Crippen molar-refractivity contribution >= 4 is 17.5 Å². The summed E-state index contributed by atoms with van der Waals surface area (Å²) in [4.78, 5) is 34.0. The number of benzene rings is 1. The number of rotatable bonds is 6. The second-order valence-corrected chi connectivity index (χ2v) is 11.0. The molecule has 2 unspecified atom stereocenters. The Hall–Kier alpha value is -2.73. The van der Waals surface area contributed by atoms with Crippen molar-refractivity contribution in [3.63, 3.8) is 0 Å². The first kappa shape index (κ1) is 25.4. The standard InChI is InChI=1S/C29H40N4O2/c1-29(2,3)22-14-16-24(17-15-22)33(28(35)25-13-7-8-19-31-25)26(21-10-9-18-30-20-21)27(34)32-23-11-5-4-6-12-23/h9-10,14-18,20,23,25-26,31H,4-8,11-13,19H2,1-3H3,(H,32,34). The number of hydrogen-bond donors (Lipinski definition) is 2. The molecule has 0 spiro atoms. The Morgan fingerprint density at radius 1 is 1.00 bits per heavy atom. The fourth-order valence-electron chi connectivity index (χ4n) is 5.24. The van der Waals surface area contributed by atoms with Gasteiger partial charge in [-0.15, -0.1) is 0 Å². The average Bonchev–Trinajstić information content (AvgIpc) is 2.88. The molecule has 1 saturated carbocycles. The van der Waals surface area contributed by atoms with Crippen molar-refractivity contribution in [2.75, 3.05) is 11.4 Å². The van der Waals surface area contributed by atoms with Gasteiger partial charge in [0.15, 0.2) is 0 Å². The van der Waals surface area contributed by atoms with Crippen LogP contribution >= 0.6 is 0 Å². The summed E-state index contributed by atoms with van der Waals surface area (Å²) in [5.41, 5.74) is 2.65. The van der Waals surface area contributed by atoms with Crippen LogP contribution in [0, 0.1) is 0 Å². The molecule has 1 saturated heterocycles. The van der Waals surface area contributed by atoms with Gasteiger partial charge >= 0.3 is 0 Å². The van der Waals surface area contributed by atoms with Gasteiger partial charge in [0.1, 0.15) is 6.04 Å². The van der Waals surface area contributed by atoms with Crippen LogP contribution in [0.2, 0.25) is 0 Å². The van der Waals surface area contributed by atoms with E-state index in [2.05, 4.69) is 48.5 Å². The van der Waals surface area contributed by atoms with Crippen LogP contribution in [0.25, 0.3) is 0 Å². The van der Waals surface area contributed by atoms with E-state index in [1.165, 1.54) is 12.0 Å². The first-order valence-corrected chi connectivity index (χ1v) is 13.2. The number of pyridine rings is 1. The van der Waals surface area contributed by atoms with Gasteiger partial charge in [-0.05, 0) is 61.4 Å². The number of nitrogens with one attached hydrogen (secondary N) is 2. The van der Waals surface area contributed by atoms with E-state index >= 15 is 0 Å². The lowest BCUT2D eigenvalue weighted by atomic mass is 9.87. The van der Waals surface area contributed by atoms with Crippen molar-refractivity contribution in [3.8, 4) is 0 Å². The van der Waals surface area contributed by atoms with Gasteiger partial charge in [0.25, 0.3) is 0 Å². The molecule has 6 nitrogen and oxygen atoms in total. The quantitative estimate of drug-likeness (QED) is 0.612. The molecule has 2 heterocycles. The monoisotopic (exact) mass is 476 g/mol. The van der Waals surface area contributed by atoms with Crippen molar-refractivity contribution in [1.29, 1.82) is 0 Å². The summed E-state index contributed by atoms with van der Waals surface area (Å²) in [6, 6.07) is 10.9. The highest BCUT2D eigenvalue weighted by Crippen LogP contribution is 2.32. The second kappa shape index (κ2) is 11.3. The molecular formula is C29H40N4O2. The molecule has 2 aromatic rings. The van der Waals surface area contributed by atoms with Crippen LogP contribution in [0.3, 0.4) is 0 Å². The number of piperidine rings is 1. The molecule has 2 fully saturated rings. The third-order valence-corrected chi connectivity index (χ3v) is 7.32. The molecular weight excluding hydrogens is 436 g/mol. The second-order valence-electron chi connectivity index (χ2n) is 11.0. The van der Waals surface area contributed by atoms with Crippen LogP contribution in [0.1, 0.15) is 89.3 Å². The molecule has 0 bridgehead atoms. The Labute approximate surface area is 209 Å². The minimum Gasteiger partial charge on any atom is -0.351 e. The van der Waals surface area contributed by atoms with E-state index in [4.69, 9.17) is 0 Å². The zero-order valence-corrected chi connectivity index (χ0v) is 21.4. The molecule has 1 aromatic carbocycles. The van der Waals surface area contributed by atoms with E-state index < -0.39 is 6.04 Å². The molecule has 1 aliphatic carbocycles. The molecule has 2 N–H and O–H groups in total. The first-order valence-electron chi connectivity index (χ1n) is 13.2. The van der Waals surface area contributed by atoms with Crippen molar-refractivity contribution in [2.24, 2.45) is 0 Å². The van der Waals surface area contributed by atoms with Gasteiger partial charge in [0.05, 0.1) is 6.04 Å². The topological polar surface area (TPSA) is 74.3 Å². The average molecular weight is 477 g/mol. The van der Waals surface area contributed by atoms with Gasteiger partial charge in [-0.1, -0.05) is 64.7 Å². The number of carbonyl (C=O) groups is 2. The maximum absolute atomic E-state index is 14.1. The fourth-order valence-corrected chi connectivity index (χ4v) is 5.24. The third-order valence-electron chi connectivity index (χ3n) is 7.32. The van der Waals surface area contributed by atoms with E-state index in [0.29, 0.717) is 0 Å². The maximum atomic E-state index is 14.1. The lowest BCUT2D eigenvalue weighted by Gasteiger charge is -2.36. The molecule has 0 radical (unpaired) electrons. The maximum Gasteiger partial charge on any atom is 0.248 e. The van der Waals surface area contributed by atoms with Crippen molar-refractivity contribution in [2.45, 2.75) is 95.7 Å². The van der Waals surface area contributed by atoms with Crippen molar-refractivity contribution < 1.29 is 9.59 Å². The molecule has 188 valence electrons. The fraction of sp³-hybridized carbons (Fsp3) is 0.552. The van der Waals surface area contributed by atoms with Gasteiger partial charge in [-0.3, -0.25) is 19.5 Å². The Morgan fingerprint density at radius 3 is 2.31 bits per heavy atom. The van der Waals surface area contributed by atoms with Gasteiger partial charge < -0.3 is 10.6 Å². The minimum absolute atomic E-state index is 0.000592. The van der Waals surface area contributed by atoms with Gasteiger partial charge in [0.2, 0.25) is 11.8 Å². The molecule has 2 amide bonds. The third kappa shape index (κ3) is 6.29. The zero-order chi connectivity index (χ0) is 24.8. The molecule has 1 aromatic heterocycles. The SMILES string of the molecule is CC(C)(C)c1ccc(N(C(=O)C2CCCCN2)C(C(=O)NC2CCCCC2)c2cccnc2)cc1. The van der Waals surface area contributed by atoms with Crippen LogP contribution in [0.5, 0.6) is 0 Å². The highest BCUT2D eigenvalue weighted by atomic mass is 16.2. The summed E-state index contributed by atoms with van der Waals surface area (Å²) in [7, 11) is 0. The minimum atomic E-state index is -0.776. The van der Waals surface area contributed by atoms with Crippen LogP contribution < -0.4 is 15.5 Å². The Morgan fingerprint density at radius 2 is 1.71 bits per heavy atom. The Kier molecular flexibility index (Phi) is 8.22. The molecule has 2 aliphatic rings. The molecule has 6 heteroatoms. The predicted molar refractivity (Wildman–Crippen MR) is 140 cm³/mol. The highest BCUT2D eigenvalue weighted by Gasteiger charge is 2.37. The molecule has 4 rings (SSSR count). The highest BCUT2D eigenvalue weighted by molar-refractivity contribution is 6.03. The number of aromatic nitrogens is 1. The number of anilines is 1. The van der Waals surface area contributed by atoms with Crippen LogP contribution in [0.15, 0.2) is 48.8 Å². The largest absolute Gasteiger partial charge is 0.351 e. The van der Waals surface area contributed by atoms with Gasteiger partial charge in [-0.2, -0.15) is 0 Å². The Bertz CT molecular complexity index is 972. The lowest BCUT2D eigenvalue weighted by Crippen LogP contribution is -2.53. The van der Waals surface area contributed by atoms with Crippen LogP contribution in [-0.4, -0.2) is 35.4 Å². The first-order chi connectivity index (χ1) is 16.8. The van der Waals surface area contributed by atoms with Crippen LogP contribution in [0.4, 0.5) is 5.69 Å². The van der Waals surface area contributed by atoms with E-state index in [-0.39, 0.29) is 29.3 Å². The van der Waals surface area contributed by atoms with E-state index in [1.807, 2.05) is 24.3 Å². The van der Waals surface area contributed by atoms with Gasteiger partial charge in [0, 0.05) is 29.7 Å². The van der Waals surface area contributed by atoms with E-state index in [9.17, 15) is 9.59 Å². The number of carbonyl (C=O) groups excluding carboxylic acids is 2. The number of amides is 2. The normalized spacial score (nSPS) is 20.1. The predicted octanol–water partition coefficient (Wildman–Crippen LogP) is 5.04. The summed E-state index contributed by atoms with van der Waals surface area (Å²) in [6.45, 7) is 7.34. The van der Waals surface area contributed by atoms with E-state index in [1.54, 1.807) is 17.3 Å². The smallest absolute Gasteiger partial charge is 0.248 e. The number of hydrogen-bond acceptors (Lipinski definition) is 4. The van der Waals surface area contributed by atoms with Crippen molar-refractivity contribution in [1.82, 2.24) is 15.6 Å². The van der Waals surface area contributed by atoms with Crippen LogP contribution in [-0.2, 0) is 15.0 Å². The van der Waals surface area contributed by atoms with Gasteiger partial charge in [-0.25, -0.2) is 0 Å². The summed E-state index contributed by atoms with van der Waals surface area (Å²) in [6.07, 6.45) is 11.7. The lowest BCUT2D eigenvalue weighted by molar-refractivity contribution is -0.128. The molecule has 1 aliphatic heterocycles. The van der Waals surface area contributed by atoms with E-state index in [0.717, 1.165) is 62.7 Å². The number of nitrogens with zero attached hydrogens (tertiary/aromatic N) is 2.